The Morgan fingerprint density at radius 3 is 2.41 bits per heavy atom. The number of aromatic nitrogens is 1. The fraction of sp³-hybridized carbons (Fsp3) is 0.722. The van der Waals surface area contributed by atoms with Crippen molar-refractivity contribution in [2.75, 3.05) is 24.6 Å². The van der Waals surface area contributed by atoms with Gasteiger partial charge in [0.05, 0.1) is 27.8 Å². The molecule has 2 saturated heterocycles. The fourth-order valence-electron chi connectivity index (χ4n) is 5.03. The number of hydrogen-bond donors (Lipinski definition) is 0. The highest BCUT2D eigenvalue weighted by Gasteiger charge is 2.53. The summed E-state index contributed by atoms with van der Waals surface area (Å²) in [6, 6.07) is 1.38. The van der Waals surface area contributed by atoms with Crippen LogP contribution in [0.25, 0.3) is 0 Å². The number of pyridine rings is 1. The van der Waals surface area contributed by atoms with Crippen molar-refractivity contribution in [2.24, 2.45) is 5.41 Å². The Morgan fingerprint density at radius 2 is 1.85 bits per heavy atom. The second-order valence-corrected chi connectivity index (χ2v) is 10.8. The van der Waals surface area contributed by atoms with Crippen LogP contribution >= 0.6 is 11.6 Å². The van der Waals surface area contributed by atoms with E-state index in [4.69, 9.17) is 11.6 Å². The molecule has 27 heavy (non-hydrogen) atoms. The molecule has 2 aliphatic heterocycles. The van der Waals surface area contributed by atoms with Crippen LogP contribution in [0.15, 0.2) is 12.3 Å². The first-order chi connectivity index (χ1) is 12.6. The zero-order valence-electron chi connectivity index (χ0n) is 14.8. The highest BCUT2D eigenvalue weighted by Crippen LogP contribution is 2.45. The summed E-state index contributed by atoms with van der Waals surface area (Å²) in [5.41, 5.74) is -0.289. The zero-order chi connectivity index (χ0) is 19.4. The molecular formula is C18H22ClF3N2O2S. The molecule has 150 valence electrons. The molecule has 0 amide bonds. The molecule has 1 aromatic heterocycles. The van der Waals surface area contributed by atoms with Crippen molar-refractivity contribution in [2.45, 2.75) is 50.2 Å². The Balaban J connectivity index is 1.36. The molecule has 0 unspecified atom stereocenters. The van der Waals surface area contributed by atoms with Crippen LogP contribution in [0, 0.1) is 5.41 Å². The molecule has 4 nitrogen and oxygen atoms in total. The third-order valence-electron chi connectivity index (χ3n) is 6.32. The Kier molecular flexibility index (Phi) is 4.75. The summed E-state index contributed by atoms with van der Waals surface area (Å²) in [7, 11) is -2.82. The maximum absolute atomic E-state index is 12.8. The van der Waals surface area contributed by atoms with E-state index in [1.54, 1.807) is 0 Å². The molecule has 1 aromatic rings. The van der Waals surface area contributed by atoms with Gasteiger partial charge in [-0.2, -0.15) is 13.2 Å². The van der Waals surface area contributed by atoms with Gasteiger partial charge in [0, 0.05) is 30.1 Å². The number of nitrogens with zero attached hydrogens (tertiary/aromatic N) is 2. The maximum atomic E-state index is 12.8. The summed E-state index contributed by atoms with van der Waals surface area (Å²) in [4.78, 5) is 6.43. The second-order valence-electron chi connectivity index (χ2n) is 8.35. The van der Waals surface area contributed by atoms with Crippen molar-refractivity contribution in [1.29, 1.82) is 0 Å². The van der Waals surface area contributed by atoms with Gasteiger partial charge in [-0.3, -0.25) is 9.88 Å². The molecule has 9 heteroatoms. The lowest BCUT2D eigenvalue weighted by molar-refractivity contribution is -0.137. The van der Waals surface area contributed by atoms with E-state index in [9.17, 15) is 21.6 Å². The normalized spacial score (nSPS) is 30.4. The molecule has 3 aliphatic rings. The number of sulfone groups is 1. The van der Waals surface area contributed by atoms with E-state index >= 15 is 0 Å². The quantitative estimate of drug-likeness (QED) is 0.725. The van der Waals surface area contributed by atoms with Crippen LogP contribution in [0.5, 0.6) is 0 Å². The molecule has 0 bridgehead atoms. The lowest BCUT2D eigenvalue weighted by Gasteiger charge is -2.40. The Bertz CT molecular complexity index is 823. The first-order valence-electron chi connectivity index (χ1n) is 9.24. The average molecular weight is 423 g/mol. The van der Waals surface area contributed by atoms with Crippen molar-refractivity contribution < 1.29 is 21.6 Å². The van der Waals surface area contributed by atoms with Crippen LogP contribution in [0.3, 0.4) is 0 Å². The molecular weight excluding hydrogens is 401 g/mol. The predicted octanol–water partition coefficient (Wildman–Crippen LogP) is 3.90. The third-order valence-corrected chi connectivity index (χ3v) is 8.72. The van der Waals surface area contributed by atoms with Crippen molar-refractivity contribution in [3.8, 4) is 0 Å². The Labute approximate surface area is 162 Å². The maximum Gasteiger partial charge on any atom is 0.417 e. The van der Waals surface area contributed by atoms with Gasteiger partial charge in [-0.1, -0.05) is 11.6 Å². The van der Waals surface area contributed by atoms with Gasteiger partial charge >= 0.3 is 6.18 Å². The van der Waals surface area contributed by atoms with Crippen molar-refractivity contribution in [3.05, 3.63) is 28.5 Å². The minimum Gasteiger partial charge on any atom is -0.300 e. The molecule has 0 aromatic carbocycles. The summed E-state index contributed by atoms with van der Waals surface area (Å²) in [6.45, 7) is 1.78. The van der Waals surface area contributed by atoms with E-state index in [0.717, 1.165) is 57.5 Å². The molecule has 3 heterocycles. The molecule has 1 saturated carbocycles. The minimum absolute atomic E-state index is 0.0338. The molecule has 0 N–H and O–H groups in total. The van der Waals surface area contributed by atoms with Gasteiger partial charge < -0.3 is 0 Å². The summed E-state index contributed by atoms with van der Waals surface area (Å²) in [6.07, 6.45) is 0.925. The summed E-state index contributed by atoms with van der Waals surface area (Å²) in [5, 5.41) is 0.0908. The number of hydrogen-bond acceptors (Lipinski definition) is 4. The largest absolute Gasteiger partial charge is 0.417 e. The molecule has 0 radical (unpaired) electrons. The number of alkyl halides is 3. The molecule has 1 aliphatic carbocycles. The van der Waals surface area contributed by atoms with E-state index in [1.807, 2.05) is 0 Å². The van der Waals surface area contributed by atoms with Crippen LogP contribution in [0.1, 0.15) is 49.3 Å². The second kappa shape index (κ2) is 6.59. The smallest absolute Gasteiger partial charge is 0.300 e. The van der Waals surface area contributed by atoms with E-state index < -0.39 is 21.6 Å². The van der Waals surface area contributed by atoms with Gasteiger partial charge in [0.2, 0.25) is 0 Å². The Hall–Kier alpha value is -0.860. The van der Waals surface area contributed by atoms with Gasteiger partial charge in [-0.25, -0.2) is 8.42 Å². The number of likely N-dealkylation sites (tertiary alicyclic amines) is 1. The first-order valence-corrected chi connectivity index (χ1v) is 11.4. The predicted molar refractivity (Wildman–Crippen MR) is 96.5 cm³/mol. The Morgan fingerprint density at radius 1 is 1.19 bits per heavy atom. The van der Waals surface area contributed by atoms with Gasteiger partial charge in [0.25, 0.3) is 0 Å². The fourth-order valence-corrected chi connectivity index (χ4v) is 7.60. The zero-order valence-corrected chi connectivity index (χ0v) is 16.4. The van der Waals surface area contributed by atoms with Crippen molar-refractivity contribution in [3.63, 3.8) is 0 Å². The van der Waals surface area contributed by atoms with Crippen molar-refractivity contribution in [1.82, 2.24) is 9.88 Å². The molecule has 1 spiro atoms. The van der Waals surface area contributed by atoms with Crippen LogP contribution in [-0.2, 0) is 16.0 Å². The third kappa shape index (κ3) is 3.85. The van der Waals surface area contributed by atoms with Crippen LogP contribution in [0.4, 0.5) is 13.2 Å². The summed E-state index contributed by atoms with van der Waals surface area (Å²) >= 11 is 6.09. The lowest BCUT2D eigenvalue weighted by atomic mass is 9.83. The topological polar surface area (TPSA) is 50.3 Å². The van der Waals surface area contributed by atoms with Gasteiger partial charge in [-0.15, -0.1) is 0 Å². The summed E-state index contributed by atoms with van der Waals surface area (Å²) in [5.74, 6) is 0.713. The van der Waals surface area contributed by atoms with Crippen LogP contribution in [0.2, 0.25) is 5.02 Å². The van der Waals surface area contributed by atoms with Gasteiger partial charge in [0.1, 0.15) is 0 Å². The molecule has 0 atom stereocenters. The monoisotopic (exact) mass is 422 g/mol. The number of rotatable bonds is 2. The highest BCUT2D eigenvalue weighted by molar-refractivity contribution is 7.92. The standard InChI is InChI=1S/C18H22ClF3N2O2S/c19-15-7-13(18(20,21)22)8-23-16(15)12-1-3-14(4-2-12)24-6-5-17(9-24)10-27(25,26)11-17/h7-8,12,14H,1-6,9-11H2. The van der Waals surface area contributed by atoms with Gasteiger partial charge in [-0.05, 0) is 44.7 Å². The van der Waals surface area contributed by atoms with E-state index in [2.05, 4.69) is 9.88 Å². The highest BCUT2D eigenvalue weighted by atomic mass is 35.5. The van der Waals surface area contributed by atoms with Crippen LogP contribution in [-0.4, -0.2) is 48.9 Å². The van der Waals surface area contributed by atoms with E-state index in [1.165, 1.54) is 0 Å². The van der Waals surface area contributed by atoms with E-state index in [0.29, 0.717) is 23.2 Å². The van der Waals surface area contributed by atoms with E-state index in [-0.39, 0.29) is 16.4 Å². The first kappa shape index (κ1) is 19.5. The number of halogens is 4. The molecule has 3 fully saturated rings. The summed E-state index contributed by atoms with van der Waals surface area (Å²) < 4.78 is 61.4. The van der Waals surface area contributed by atoms with Crippen molar-refractivity contribution >= 4 is 21.4 Å². The SMILES string of the molecule is O=S1(=O)CC2(CCN(C3CCC(c4ncc(C(F)(F)F)cc4Cl)CC3)C2)C1. The minimum atomic E-state index is -4.44. The van der Waals surface area contributed by atoms with Gasteiger partial charge in [0.15, 0.2) is 9.84 Å². The average Bonchev–Trinajstić information content (AvgIpc) is 2.97. The lowest BCUT2D eigenvalue weighted by Crippen LogP contribution is -2.51. The molecule has 4 rings (SSSR count). The van der Waals surface area contributed by atoms with Crippen LogP contribution < -0.4 is 0 Å².